The van der Waals surface area contributed by atoms with E-state index in [0.717, 1.165) is 5.56 Å². The number of nitrogens with zero attached hydrogens (tertiary/aromatic N) is 1. The first-order chi connectivity index (χ1) is 14.5. The van der Waals surface area contributed by atoms with Crippen LogP contribution < -0.4 is 10.1 Å². The maximum absolute atomic E-state index is 14.0. The summed E-state index contributed by atoms with van der Waals surface area (Å²) in [6, 6.07) is 5.46. The van der Waals surface area contributed by atoms with E-state index in [2.05, 4.69) is 15.3 Å². The minimum Gasteiger partial charge on any atom is -0.473 e. The van der Waals surface area contributed by atoms with Crippen LogP contribution >= 0.6 is 11.6 Å². The standard InChI is InChI=1S/C21H18ClF2N3O3/c22-10-5-13-18(27-20(10)25-6-9-11(23)2-1-3-12(9)24)17-8-4-14(28)19-16(8)15(7-29-19)30-21(17)26-13/h1-3,5,8,14-16,19,26,28H,4,6-7H2,(H,25,27)/t8?,14-,15-,16+,19?/m1/s1. The fraction of sp³-hybridized carbons (Fsp3) is 0.381. The van der Waals surface area contributed by atoms with Crippen molar-refractivity contribution in [3.63, 3.8) is 0 Å². The van der Waals surface area contributed by atoms with Gasteiger partial charge in [0.15, 0.2) is 5.88 Å². The number of aromatic nitrogens is 2. The molecule has 156 valence electrons. The van der Waals surface area contributed by atoms with Crippen molar-refractivity contribution in [1.29, 1.82) is 0 Å². The largest absolute Gasteiger partial charge is 0.473 e. The van der Waals surface area contributed by atoms with Crippen molar-refractivity contribution in [1.82, 2.24) is 9.97 Å². The molecule has 3 N–H and O–H groups in total. The van der Waals surface area contributed by atoms with Crippen molar-refractivity contribution in [3.05, 3.63) is 52.0 Å². The van der Waals surface area contributed by atoms with Gasteiger partial charge < -0.3 is 24.9 Å². The molecular formula is C21H18ClF2N3O3. The van der Waals surface area contributed by atoms with Gasteiger partial charge in [-0.3, -0.25) is 0 Å². The minimum absolute atomic E-state index is 0.0561. The van der Waals surface area contributed by atoms with Crippen LogP contribution in [0.1, 0.15) is 23.5 Å². The average molecular weight is 434 g/mol. The number of hydrogen-bond acceptors (Lipinski definition) is 5. The molecule has 5 atom stereocenters. The van der Waals surface area contributed by atoms with E-state index in [-0.39, 0.29) is 36.2 Å². The van der Waals surface area contributed by atoms with Crippen LogP contribution in [-0.4, -0.2) is 40.0 Å². The lowest BCUT2D eigenvalue weighted by Gasteiger charge is -2.29. The summed E-state index contributed by atoms with van der Waals surface area (Å²) in [5, 5.41) is 13.7. The van der Waals surface area contributed by atoms with E-state index in [4.69, 9.17) is 21.1 Å². The Morgan fingerprint density at radius 2 is 2.10 bits per heavy atom. The molecule has 4 heterocycles. The molecule has 1 saturated carbocycles. The highest BCUT2D eigenvalue weighted by Crippen LogP contribution is 2.54. The highest BCUT2D eigenvalue weighted by molar-refractivity contribution is 6.33. The Labute approximate surface area is 175 Å². The van der Waals surface area contributed by atoms with Gasteiger partial charge in [-0.2, -0.15) is 0 Å². The van der Waals surface area contributed by atoms with E-state index in [1.165, 1.54) is 18.2 Å². The van der Waals surface area contributed by atoms with Gasteiger partial charge in [-0.15, -0.1) is 0 Å². The molecule has 2 aromatic heterocycles. The van der Waals surface area contributed by atoms with Crippen LogP contribution in [0.15, 0.2) is 24.3 Å². The minimum atomic E-state index is -0.634. The maximum Gasteiger partial charge on any atom is 0.197 e. The second-order valence-electron chi connectivity index (χ2n) is 8.08. The number of fused-ring (bicyclic) bond motifs is 4. The normalized spacial score (nSPS) is 29.0. The highest BCUT2D eigenvalue weighted by atomic mass is 35.5. The third-order valence-electron chi connectivity index (χ3n) is 6.46. The molecule has 2 fully saturated rings. The number of nitrogens with one attached hydrogen (secondary N) is 2. The monoisotopic (exact) mass is 433 g/mol. The molecule has 1 aliphatic carbocycles. The molecular weight excluding hydrogens is 416 g/mol. The first-order valence-corrected chi connectivity index (χ1v) is 10.2. The number of hydrogen-bond donors (Lipinski definition) is 3. The Bertz CT molecular complexity index is 1150. The molecule has 3 aromatic rings. The smallest absolute Gasteiger partial charge is 0.197 e. The molecule has 0 spiro atoms. The van der Waals surface area contributed by atoms with Crippen molar-refractivity contribution in [3.8, 4) is 5.88 Å². The van der Waals surface area contributed by atoms with Gasteiger partial charge in [0, 0.05) is 29.5 Å². The van der Waals surface area contributed by atoms with E-state index < -0.39 is 17.7 Å². The first kappa shape index (κ1) is 18.4. The van der Waals surface area contributed by atoms with Crippen molar-refractivity contribution in [2.45, 2.75) is 37.2 Å². The zero-order valence-corrected chi connectivity index (χ0v) is 16.4. The molecule has 30 heavy (non-hydrogen) atoms. The molecule has 6 rings (SSSR count). The van der Waals surface area contributed by atoms with Crippen molar-refractivity contribution in [2.24, 2.45) is 5.92 Å². The summed E-state index contributed by atoms with van der Waals surface area (Å²) in [4.78, 5) is 7.89. The van der Waals surface area contributed by atoms with Crippen molar-refractivity contribution >= 4 is 28.5 Å². The summed E-state index contributed by atoms with van der Waals surface area (Å²) in [6.45, 7) is 0.357. The second-order valence-corrected chi connectivity index (χ2v) is 8.48. The van der Waals surface area contributed by atoms with E-state index in [9.17, 15) is 13.9 Å². The van der Waals surface area contributed by atoms with E-state index in [1.807, 2.05) is 0 Å². The van der Waals surface area contributed by atoms with Crippen LogP contribution in [0.4, 0.5) is 14.6 Å². The van der Waals surface area contributed by atoms with Crippen LogP contribution in [0.25, 0.3) is 11.0 Å². The number of pyridine rings is 1. The maximum atomic E-state index is 14.0. The molecule has 6 nitrogen and oxygen atoms in total. The number of anilines is 1. The number of aliphatic hydroxyl groups is 1. The summed E-state index contributed by atoms with van der Waals surface area (Å²) in [5.74, 6) is -0.187. The number of aliphatic hydroxyl groups excluding tert-OH is 1. The summed E-state index contributed by atoms with van der Waals surface area (Å²) < 4.78 is 39.8. The number of rotatable bonds is 3. The third kappa shape index (κ3) is 2.57. The SMILES string of the molecule is O[C@@H]1CC2c3c([nH]c4cc(Cl)c(NCc5c(F)cccc5F)nc34)O[C@@H]3COC1[C@@H]23. The summed E-state index contributed by atoms with van der Waals surface area (Å²) in [7, 11) is 0. The molecule has 2 unspecified atom stereocenters. The molecule has 3 aliphatic rings. The number of benzene rings is 1. The second kappa shape index (κ2) is 6.54. The summed E-state index contributed by atoms with van der Waals surface area (Å²) in [6.07, 6.45) is -0.303. The molecule has 9 heteroatoms. The van der Waals surface area contributed by atoms with Gasteiger partial charge in [0.1, 0.15) is 23.6 Å². The van der Waals surface area contributed by atoms with Gasteiger partial charge in [0.25, 0.3) is 0 Å². The van der Waals surface area contributed by atoms with Gasteiger partial charge in [-0.1, -0.05) is 17.7 Å². The molecule has 0 radical (unpaired) electrons. The Kier molecular flexibility index (Phi) is 4.00. The average Bonchev–Trinajstić information content (AvgIpc) is 3.37. The molecule has 2 aliphatic heterocycles. The molecule has 1 aromatic carbocycles. The summed E-state index contributed by atoms with van der Waals surface area (Å²) in [5.41, 5.74) is 2.21. The van der Waals surface area contributed by atoms with Gasteiger partial charge in [-0.25, -0.2) is 13.8 Å². The highest BCUT2D eigenvalue weighted by Gasteiger charge is 2.56. The lowest BCUT2D eigenvalue weighted by Crippen LogP contribution is -2.34. The van der Waals surface area contributed by atoms with Crippen LogP contribution in [0.2, 0.25) is 5.02 Å². The van der Waals surface area contributed by atoms with Gasteiger partial charge in [0.2, 0.25) is 0 Å². The number of ether oxygens (including phenoxy) is 2. The fourth-order valence-corrected chi connectivity index (χ4v) is 5.36. The van der Waals surface area contributed by atoms with Crippen molar-refractivity contribution < 1.29 is 23.4 Å². The van der Waals surface area contributed by atoms with Crippen LogP contribution in [0.3, 0.4) is 0 Å². The predicted octanol–water partition coefficient (Wildman–Crippen LogP) is 3.73. The number of H-pyrrole nitrogens is 1. The van der Waals surface area contributed by atoms with Crippen molar-refractivity contribution in [2.75, 3.05) is 11.9 Å². The number of halogens is 3. The fourth-order valence-electron chi connectivity index (χ4n) is 5.14. The van der Waals surface area contributed by atoms with Gasteiger partial charge >= 0.3 is 0 Å². The number of aromatic amines is 1. The topological polar surface area (TPSA) is 79.4 Å². The Morgan fingerprint density at radius 1 is 1.30 bits per heavy atom. The predicted molar refractivity (Wildman–Crippen MR) is 106 cm³/mol. The molecule has 1 saturated heterocycles. The Morgan fingerprint density at radius 3 is 2.90 bits per heavy atom. The molecule has 0 bridgehead atoms. The van der Waals surface area contributed by atoms with Crippen LogP contribution in [0, 0.1) is 17.6 Å². The summed E-state index contributed by atoms with van der Waals surface area (Å²) >= 11 is 6.38. The third-order valence-corrected chi connectivity index (χ3v) is 6.75. The van der Waals surface area contributed by atoms with E-state index in [0.29, 0.717) is 40.8 Å². The van der Waals surface area contributed by atoms with E-state index in [1.54, 1.807) is 6.07 Å². The zero-order chi connectivity index (χ0) is 20.6. The van der Waals surface area contributed by atoms with Gasteiger partial charge in [-0.05, 0) is 24.6 Å². The van der Waals surface area contributed by atoms with Crippen LogP contribution in [-0.2, 0) is 11.3 Å². The van der Waals surface area contributed by atoms with Crippen LogP contribution in [0.5, 0.6) is 5.88 Å². The van der Waals surface area contributed by atoms with E-state index >= 15 is 0 Å². The lowest BCUT2D eigenvalue weighted by atomic mass is 9.84. The molecule has 0 amide bonds. The zero-order valence-electron chi connectivity index (χ0n) is 15.7. The first-order valence-electron chi connectivity index (χ1n) is 9.86. The Balaban J connectivity index is 1.39. The lowest BCUT2D eigenvalue weighted by molar-refractivity contribution is 0.00514. The van der Waals surface area contributed by atoms with Gasteiger partial charge in [0.05, 0.1) is 34.9 Å². The Hall–Kier alpha value is -2.42. The quantitative estimate of drug-likeness (QED) is 0.586.